The van der Waals surface area contributed by atoms with E-state index in [4.69, 9.17) is 12.2 Å². The maximum Gasteiger partial charge on any atom is 0.178 e. The molecule has 1 saturated carbocycles. The lowest BCUT2D eigenvalue weighted by Crippen LogP contribution is -2.08. The molecule has 1 N–H and O–H groups in total. The van der Waals surface area contributed by atoms with Gasteiger partial charge in [0, 0.05) is 10.5 Å². The topological polar surface area (TPSA) is 20.7 Å². The molecule has 0 atom stereocenters. The first kappa shape index (κ1) is 12.4. The first-order valence-electron chi connectivity index (χ1n) is 6.65. The molecule has 1 aliphatic rings. The van der Waals surface area contributed by atoms with Gasteiger partial charge in [0.2, 0.25) is 0 Å². The largest absolute Gasteiger partial charge is 0.331 e. The van der Waals surface area contributed by atoms with E-state index in [0.717, 1.165) is 14.8 Å². The Hall–Kier alpha value is -0.610. The summed E-state index contributed by atoms with van der Waals surface area (Å²) in [5.41, 5.74) is 2.38. The first-order valence-corrected chi connectivity index (χ1v) is 7.85. The number of rotatable bonds is 1. The molecule has 96 valence electrons. The molecule has 0 unspecified atom stereocenters. The van der Waals surface area contributed by atoms with Gasteiger partial charge in [-0.3, -0.25) is 0 Å². The van der Waals surface area contributed by atoms with E-state index in [9.17, 15) is 0 Å². The third-order valence-electron chi connectivity index (χ3n) is 3.87. The fourth-order valence-corrected chi connectivity index (χ4v) is 3.68. The third kappa shape index (κ3) is 2.28. The molecule has 0 saturated heterocycles. The molecule has 2 aromatic rings. The zero-order valence-corrected chi connectivity index (χ0v) is 12.7. The number of fused-ring (bicyclic) bond motifs is 1. The Morgan fingerprint density at radius 1 is 1.17 bits per heavy atom. The number of H-pyrrole nitrogens is 1. The summed E-state index contributed by atoms with van der Waals surface area (Å²) in [7, 11) is 0. The summed E-state index contributed by atoms with van der Waals surface area (Å²) in [6, 6.07) is 6.91. The molecule has 0 spiro atoms. The second-order valence-corrected chi connectivity index (χ2v) is 6.41. The zero-order chi connectivity index (χ0) is 12.5. The molecule has 1 aromatic carbocycles. The fraction of sp³-hybridized carbons (Fsp3) is 0.500. The van der Waals surface area contributed by atoms with Gasteiger partial charge in [0.05, 0.1) is 11.0 Å². The van der Waals surface area contributed by atoms with Crippen molar-refractivity contribution in [2.75, 3.05) is 0 Å². The summed E-state index contributed by atoms with van der Waals surface area (Å²) in [6.07, 6.45) is 7.91. The molecular weight excluding hydrogens is 308 g/mol. The molecule has 3 rings (SSSR count). The highest BCUT2D eigenvalue weighted by Gasteiger charge is 2.17. The molecule has 0 amide bonds. The minimum absolute atomic E-state index is 0.572. The van der Waals surface area contributed by atoms with E-state index in [1.807, 2.05) is 0 Å². The SMILES string of the molecule is S=c1[nH]c2ccc(Br)cc2n1C1CCCCCC1. The predicted octanol–water partition coefficient (Wildman–Crippen LogP) is 5.36. The Labute approximate surface area is 121 Å². The second-order valence-electron chi connectivity index (χ2n) is 5.11. The van der Waals surface area contributed by atoms with Crippen molar-refractivity contribution in [3.63, 3.8) is 0 Å². The molecule has 1 fully saturated rings. The smallest absolute Gasteiger partial charge is 0.178 e. The third-order valence-corrected chi connectivity index (χ3v) is 4.66. The van der Waals surface area contributed by atoms with Gasteiger partial charge in [-0.05, 0) is 43.3 Å². The molecule has 18 heavy (non-hydrogen) atoms. The molecule has 1 heterocycles. The summed E-state index contributed by atoms with van der Waals surface area (Å²) >= 11 is 9.07. The van der Waals surface area contributed by atoms with E-state index in [2.05, 4.69) is 43.7 Å². The molecular formula is C14H17BrN2S. The number of benzene rings is 1. The normalized spacial score (nSPS) is 18.1. The van der Waals surface area contributed by atoms with Crippen LogP contribution in [0.5, 0.6) is 0 Å². The highest BCUT2D eigenvalue weighted by Crippen LogP contribution is 2.31. The van der Waals surface area contributed by atoms with Crippen LogP contribution in [-0.2, 0) is 0 Å². The van der Waals surface area contributed by atoms with Crippen LogP contribution < -0.4 is 0 Å². The van der Waals surface area contributed by atoms with E-state index in [1.54, 1.807) is 0 Å². The summed E-state index contributed by atoms with van der Waals surface area (Å²) in [4.78, 5) is 3.33. The number of hydrogen-bond donors (Lipinski definition) is 1. The Morgan fingerprint density at radius 2 is 1.89 bits per heavy atom. The number of aromatic nitrogens is 2. The maximum atomic E-state index is 5.51. The summed E-state index contributed by atoms with van der Waals surface area (Å²) in [5.74, 6) is 0. The van der Waals surface area contributed by atoms with Crippen LogP contribution in [0, 0.1) is 4.77 Å². The fourth-order valence-electron chi connectivity index (χ4n) is 2.97. The van der Waals surface area contributed by atoms with Crippen LogP contribution in [0.4, 0.5) is 0 Å². The predicted molar refractivity (Wildman–Crippen MR) is 81.6 cm³/mol. The molecule has 1 aromatic heterocycles. The van der Waals surface area contributed by atoms with Crippen LogP contribution in [0.2, 0.25) is 0 Å². The Morgan fingerprint density at radius 3 is 2.61 bits per heavy atom. The van der Waals surface area contributed by atoms with Crippen LogP contribution in [0.15, 0.2) is 22.7 Å². The van der Waals surface area contributed by atoms with Crippen LogP contribution in [-0.4, -0.2) is 9.55 Å². The van der Waals surface area contributed by atoms with Crippen molar-refractivity contribution in [2.24, 2.45) is 0 Å². The molecule has 2 nitrogen and oxygen atoms in total. The van der Waals surface area contributed by atoms with Gasteiger partial charge in [0.25, 0.3) is 0 Å². The second kappa shape index (κ2) is 5.17. The summed E-state index contributed by atoms with van der Waals surface area (Å²) in [6.45, 7) is 0. The molecule has 0 aliphatic heterocycles. The maximum absolute atomic E-state index is 5.51. The van der Waals surface area contributed by atoms with Gasteiger partial charge < -0.3 is 9.55 Å². The van der Waals surface area contributed by atoms with E-state index >= 15 is 0 Å². The lowest BCUT2D eigenvalue weighted by atomic mass is 10.1. The molecule has 1 aliphatic carbocycles. The van der Waals surface area contributed by atoms with Crippen molar-refractivity contribution in [2.45, 2.75) is 44.6 Å². The summed E-state index contributed by atoms with van der Waals surface area (Å²) < 4.78 is 4.32. The van der Waals surface area contributed by atoms with E-state index < -0.39 is 0 Å². The lowest BCUT2D eigenvalue weighted by Gasteiger charge is -2.17. The Balaban J connectivity index is 2.11. The monoisotopic (exact) mass is 324 g/mol. The van der Waals surface area contributed by atoms with Crippen LogP contribution in [0.3, 0.4) is 0 Å². The van der Waals surface area contributed by atoms with Gasteiger partial charge in [-0.1, -0.05) is 41.6 Å². The average Bonchev–Trinajstić information content (AvgIpc) is 2.55. The standard InChI is InChI=1S/C14H17BrN2S/c15-10-7-8-12-13(9-10)17(14(18)16-12)11-5-3-1-2-4-6-11/h7-9,11H,1-6H2,(H,16,18). The average molecular weight is 325 g/mol. The van der Waals surface area contributed by atoms with Crippen LogP contribution in [0.1, 0.15) is 44.6 Å². The van der Waals surface area contributed by atoms with Gasteiger partial charge in [-0.25, -0.2) is 0 Å². The number of nitrogens with one attached hydrogen (secondary N) is 1. The summed E-state index contributed by atoms with van der Waals surface area (Å²) in [5, 5.41) is 0. The number of halogens is 1. The van der Waals surface area contributed by atoms with Crippen molar-refractivity contribution >= 4 is 39.2 Å². The molecule has 0 radical (unpaired) electrons. The van der Waals surface area contributed by atoms with E-state index in [1.165, 1.54) is 44.0 Å². The van der Waals surface area contributed by atoms with Gasteiger partial charge in [-0.15, -0.1) is 0 Å². The Kier molecular flexibility index (Phi) is 3.57. The zero-order valence-electron chi connectivity index (χ0n) is 10.3. The molecule has 0 bridgehead atoms. The highest BCUT2D eigenvalue weighted by atomic mass is 79.9. The first-order chi connectivity index (χ1) is 8.75. The number of hydrogen-bond acceptors (Lipinski definition) is 1. The van der Waals surface area contributed by atoms with E-state index in [-0.39, 0.29) is 0 Å². The van der Waals surface area contributed by atoms with Gasteiger partial charge in [0.1, 0.15) is 0 Å². The van der Waals surface area contributed by atoms with Crippen molar-refractivity contribution in [3.8, 4) is 0 Å². The lowest BCUT2D eigenvalue weighted by molar-refractivity contribution is 0.450. The minimum atomic E-state index is 0.572. The number of imidazole rings is 1. The van der Waals surface area contributed by atoms with Gasteiger partial charge in [0.15, 0.2) is 4.77 Å². The van der Waals surface area contributed by atoms with Crippen molar-refractivity contribution in [1.82, 2.24) is 9.55 Å². The van der Waals surface area contributed by atoms with Crippen molar-refractivity contribution in [1.29, 1.82) is 0 Å². The Bertz CT molecular complexity index is 606. The number of nitrogens with zero attached hydrogens (tertiary/aromatic N) is 1. The van der Waals surface area contributed by atoms with E-state index in [0.29, 0.717) is 6.04 Å². The molecule has 4 heteroatoms. The minimum Gasteiger partial charge on any atom is -0.331 e. The van der Waals surface area contributed by atoms with Crippen molar-refractivity contribution in [3.05, 3.63) is 27.4 Å². The van der Waals surface area contributed by atoms with Crippen molar-refractivity contribution < 1.29 is 0 Å². The number of aromatic amines is 1. The van der Waals surface area contributed by atoms with Crippen LogP contribution in [0.25, 0.3) is 11.0 Å². The highest BCUT2D eigenvalue weighted by molar-refractivity contribution is 9.10. The van der Waals surface area contributed by atoms with Crippen LogP contribution >= 0.6 is 28.1 Å². The van der Waals surface area contributed by atoms with Gasteiger partial charge >= 0.3 is 0 Å². The quantitative estimate of drug-likeness (QED) is 0.553. The van der Waals surface area contributed by atoms with Gasteiger partial charge in [-0.2, -0.15) is 0 Å².